The van der Waals surface area contributed by atoms with Gasteiger partial charge in [0.15, 0.2) is 0 Å². The lowest BCUT2D eigenvalue weighted by Crippen LogP contribution is -2.51. The van der Waals surface area contributed by atoms with E-state index in [2.05, 4.69) is 60.9 Å². The Morgan fingerprint density at radius 2 is 1.31 bits per heavy atom. The number of rotatable bonds is 3. The predicted octanol–water partition coefficient (Wildman–Crippen LogP) is 3.82. The van der Waals surface area contributed by atoms with Crippen molar-refractivity contribution in [1.29, 1.82) is 0 Å². The fourth-order valence-corrected chi connectivity index (χ4v) is 4.41. The van der Waals surface area contributed by atoms with Gasteiger partial charge in [-0.1, -0.05) is 24.3 Å². The van der Waals surface area contributed by atoms with Crippen LogP contribution in [-0.2, 0) is 0 Å². The van der Waals surface area contributed by atoms with Crippen LogP contribution in [0.1, 0.15) is 27.8 Å². The van der Waals surface area contributed by atoms with Gasteiger partial charge in [0.05, 0.1) is 5.56 Å². The minimum absolute atomic E-state index is 0.335. The molecule has 3 aromatic rings. The van der Waals surface area contributed by atoms with Gasteiger partial charge in [-0.25, -0.2) is 0 Å². The predicted molar refractivity (Wildman–Crippen MR) is 121 cm³/mol. The average Bonchev–Trinajstić information content (AvgIpc) is 2.71. The second kappa shape index (κ2) is 7.18. The molecule has 0 saturated carbocycles. The van der Waals surface area contributed by atoms with Gasteiger partial charge in [0, 0.05) is 31.9 Å². The fourth-order valence-electron chi connectivity index (χ4n) is 4.41. The van der Waals surface area contributed by atoms with Crippen LogP contribution in [0.5, 0.6) is 0 Å². The highest BCUT2D eigenvalue weighted by atomic mass is 16.2. The third-order valence-electron chi connectivity index (χ3n) is 6.51. The zero-order chi connectivity index (χ0) is 20.9. The maximum Gasteiger partial charge on any atom is 0.250 e. The molecule has 0 bridgehead atoms. The molecule has 4 heteroatoms. The molecule has 1 saturated heterocycles. The number of hydrogen-bond donors (Lipinski definition) is 0. The molecule has 1 fully saturated rings. The van der Waals surface area contributed by atoms with Gasteiger partial charge in [-0.05, 0) is 74.1 Å². The number of anilines is 2. The SMILES string of the molecule is Cc1cc(C)c(-c2c(N3CCN(c4cccc(C)c4C)CC3)c(=O)c2=O)cc1C. The number of nitrogens with zero attached hydrogens (tertiary/aromatic N) is 2. The molecule has 4 rings (SSSR count). The molecule has 0 N–H and O–H groups in total. The highest BCUT2D eigenvalue weighted by Gasteiger charge is 2.30. The summed E-state index contributed by atoms with van der Waals surface area (Å²) in [5.74, 6) is 0. The van der Waals surface area contributed by atoms with Crippen LogP contribution in [0, 0.1) is 34.6 Å². The summed E-state index contributed by atoms with van der Waals surface area (Å²) in [4.78, 5) is 29.5. The molecular weight excluding hydrogens is 360 g/mol. The smallest absolute Gasteiger partial charge is 0.250 e. The van der Waals surface area contributed by atoms with Crippen LogP contribution < -0.4 is 20.7 Å². The van der Waals surface area contributed by atoms with Crippen LogP contribution >= 0.6 is 0 Å². The van der Waals surface area contributed by atoms with Gasteiger partial charge >= 0.3 is 0 Å². The van der Waals surface area contributed by atoms with E-state index < -0.39 is 0 Å². The lowest BCUT2D eigenvalue weighted by Gasteiger charge is -2.39. The van der Waals surface area contributed by atoms with Crippen molar-refractivity contribution < 1.29 is 0 Å². The Balaban J connectivity index is 1.62. The lowest BCUT2D eigenvalue weighted by atomic mass is 9.91. The van der Waals surface area contributed by atoms with Crippen molar-refractivity contribution in [1.82, 2.24) is 0 Å². The van der Waals surface area contributed by atoms with Crippen molar-refractivity contribution in [3.05, 3.63) is 78.6 Å². The first-order chi connectivity index (χ1) is 13.8. The fraction of sp³-hybridized carbons (Fsp3) is 0.360. The second-order valence-corrected chi connectivity index (χ2v) is 8.33. The van der Waals surface area contributed by atoms with Gasteiger partial charge in [-0.15, -0.1) is 0 Å². The van der Waals surface area contributed by atoms with E-state index in [9.17, 15) is 9.59 Å². The molecule has 1 aliphatic rings. The highest BCUT2D eigenvalue weighted by Crippen LogP contribution is 2.32. The summed E-state index contributed by atoms with van der Waals surface area (Å²) < 4.78 is 0. The van der Waals surface area contributed by atoms with Crippen LogP contribution in [0.15, 0.2) is 39.9 Å². The van der Waals surface area contributed by atoms with Crippen molar-refractivity contribution in [2.75, 3.05) is 36.0 Å². The largest absolute Gasteiger partial charge is 0.368 e. The normalized spacial score (nSPS) is 14.7. The lowest BCUT2D eigenvalue weighted by molar-refractivity contribution is 0.649. The van der Waals surface area contributed by atoms with Crippen LogP contribution in [0.3, 0.4) is 0 Å². The molecule has 0 unspecified atom stereocenters. The summed E-state index contributed by atoms with van der Waals surface area (Å²) in [7, 11) is 0. The Morgan fingerprint density at radius 1 is 0.690 bits per heavy atom. The van der Waals surface area contributed by atoms with E-state index in [1.54, 1.807) is 0 Å². The first-order valence-electron chi connectivity index (χ1n) is 10.3. The van der Waals surface area contributed by atoms with Gasteiger partial charge in [0.2, 0.25) is 10.9 Å². The molecule has 0 radical (unpaired) electrons. The molecule has 0 aromatic heterocycles. The van der Waals surface area contributed by atoms with Crippen molar-refractivity contribution in [2.24, 2.45) is 0 Å². The topological polar surface area (TPSA) is 40.6 Å². The van der Waals surface area contributed by atoms with E-state index in [4.69, 9.17) is 0 Å². The Morgan fingerprint density at radius 3 is 2.00 bits per heavy atom. The van der Waals surface area contributed by atoms with E-state index in [0.29, 0.717) is 11.3 Å². The maximum absolute atomic E-state index is 12.5. The van der Waals surface area contributed by atoms with Crippen molar-refractivity contribution in [3.63, 3.8) is 0 Å². The van der Waals surface area contributed by atoms with Crippen LogP contribution in [0.25, 0.3) is 11.1 Å². The Bertz CT molecular complexity index is 1160. The zero-order valence-corrected chi connectivity index (χ0v) is 17.9. The van der Waals surface area contributed by atoms with E-state index in [1.807, 2.05) is 13.8 Å². The minimum Gasteiger partial charge on any atom is -0.368 e. The number of piperazine rings is 1. The van der Waals surface area contributed by atoms with Crippen molar-refractivity contribution in [2.45, 2.75) is 34.6 Å². The maximum atomic E-state index is 12.5. The molecule has 0 spiro atoms. The van der Waals surface area contributed by atoms with Crippen LogP contribution in [0.4, 0.5) is 11.4 Å². The Labute approximate surface area is 172 Å². The molecule has 150 valence electrons. The average molecular weight is 389 g/mol. The summed E-state index contributed by atoms with van der Waals surface area (Å²) in [6.45, 7) is 13.6. The Hall–Kier alpha value is -2.88. The number of aryl methyl sites for hydroxylation is 4. The summed E-state index contributed by atoms with van der Waals surface area (Å²) in [5, 5.41) is 0. The molecular formula is C25H28N2O2. The summed E-state index contributed by atoms with van der Waals surface area (Å²) in [6.07, 6.45) is 0. The minimum atomic E-state index is -0.344. The molecule has 1 heterocycles. The van der Waals surface area contributed by atoms with Crippen molar-refractivity contribution >= 4 is 11.4 Å². The third-order valence-corrected chi connectivity index (χ3v) is 6.51. The van der Waals surface area contributed by atoms with E-state index in [1.165, 1.54) is 22.4 Å². The standard InChI is InChI=1S/C25H28N2O2/c1-15-7-6-8-21(19(15)5)26-9-11-27(12-10-26)23-22(24(28)25(23)29)20-14-17(3)16(2)13-18(20)4/h6-8,13-14H,9-12H2,1-5H3. The highest BCUT2D eigenvalue weighted by molar-refractivity contribution is 5.85. The zero-order valence-electron chi connectivity index (χ0n) is 17.9. The van der Waals surface area contributed by atoms with Crippen LogP contribution in [0.2, 0.25) is 0 Å². The van der Waals surface area contributed by atoms with Crippen LogP contribution in [-0.4, -0.2) is 26.2 Å². The van der Waals surface area contributed by atoms with Gasteiger partial charge in [0.25, 0.3) is 0 Å². The number of hydrogen-bond acceptors (Lipinski definition) is 4. The van der Waals surface area contributed by atoms with Gasteiger partial charge in [0.1, 0.15) is 5.69 Å². The Kier molecular flexibility index (Phi) is 4.81. The summed E-state index contributed by atoms with van der Waals surface area (Å²) >= 11 is 0. The number of benzene rings is 2. The molecule has 0 amide bonds. The molecule has 0 aliphatic carbocycles. The molecule has 1 aliphatic heterocycles. The molecule has 29 heavy (non-hydrogen) atoms. The molecule has 4 nitrogen and oxygen atoms in total. The molecule has 0 atom stereocenters. The van der Waals surface area contributed by atoms with E-state index >= 15 is 0 Å². The first-order valence-corrected chi connectivity index (χ1v) is 10.3. The van der Waals surface area contributed by atoms with E-state index in [-0.39, 0.29) is 10.9 Å². The first kappa shape index (κ1) is 19.4. The molecule has 3 aromatic carbocycles. The quantitative estimate of drug-likeness (QED) is 0.640. The van der Waals surface area contributed by atoms with E-state index in [0.717, 1.165) is 42.9 Å². The van der Waals surface area contributed by atoms with Crippen molar-refractivity contribution in [3.8, 4) is 11.1 Å². The van der Waals surface area contributed by atoms with Gasteiger partial charge in [-0.3, -0.25) is 9.59 Å². The second-order valence-electron chi connectivity index (χ2n) is 8.33. The van der Waals surface area contributed by atoms with Gasteiger partial charge in [-0.2, -0.15) is 0 Å². The monoisotopic (exact) mass is 388 g/mol. The summed E-state index contributed by atoms with van der Waals surface area (Å²) in [6, 6.07) is 10.6. The third kappa shape index (κ3) is 3.17. The summed E-state index contributed by atoms with van der Waals surface area (Å²) in [5.41, 5.74) is 8.71. The van der Waals surface area contributed by atoms with Gasteiger partial charge < -0.3 is 9.80 Å².